The van der Waals surface area contributed by atoms with Crippen LogP contribution in [0.25, 0.3) is 32.9 Å². The maximum atomic E-state index is 11.5. The quantitative estimate of drug-likeness (QED) is 0.0715. The molecule has 0 bridgehead atoms. The van der Waals surface area contributed by atoms with Crippen molar-refractivity contribution in [3.8, 4) is 11.3 Å². The van der Waals surface area contributed by atoms with Gasteiger partial charge in [0.05, 0.1) is 0 Å². The SMILES string of the molecule is CC(C)(C)C(=O)/C=C(\O)C(C)(C)C.Cc1c[c]([Ge]([CH3])([CH3])[CH3])cc2ccc3c(-c4[c-]cc(C(C)C)cc4)nc(C(C)C)nc3c12.[Ir]. The van der Waals surface area contributed by atoms with Crippen LogP contribution >= 0.6 is 0 Å². The van der Waals surface area contributed by atoms with E-state index < -0.39 is 18.7 Å². The maximum absolute atomic E-state index is 11.5. The fourth-order valence-corrected chi connectivity index (χ4v) is 7.27. The molecule has 0 fully saturated rings. The minimum Gasteiger partial charge on any atom is 0 e. The standard InChI is InChI=1S/C28H33GeN2.C11H20O2.Ir/c1-17(2)20-9-11-21(12-10-20)26-24-14-13-22-16-23(29(6,7)8)15-19(5)25(22)27(24)31-28(30-26)18(3)4;1-10(2,3)8(12)7-9(13)11(4,5)6;/h9-11,13-18H,1-8H3;7,12H,1-6H3;/q-1;;/b;8-7-;. The van der Waals surface area contributed by atoms with Crippen molar-refractivity contribution in [2.75, 3.05) is 0 Å². The second-order valence-electron chi connectivity index (χ2n) is 15.8. The fourth-order valence-electron chi connectivity index (χ4n) is 4.67. The van der Waals surface area contributed by atoms with E-state index in [1.165, 1.54) is 28.0 Å². The van der Waals surface area contributed by atoms with Gasteiger partial charge in [0, 0.05) is 37.0 Å². The summed E-state index contributed by atoms with van der Waals surface area (Å²) in [5, 5.41) is 13.2. The number of ketones is 1. The number of aliphatic hydroxyl groups is 1. The Morgan fingerprint density at radius 2 is 1.51 bits per heavy atom. The van der Waals surface area contributed by atoms with Gasteiger partial charge in [0.15, 0.2) is 5.78 Å². The van der Waals surface area contributed by atoms with Crippen LogP contribution in [0.15, 0.2) is 54.3 Å². The van der Waals surface area contributed by atoms with Gasteiger partial charge in [0.1, 0.15) is 5.76 Å². The Bertz CT molecular complexity index is 1680. The van der Waals surface area contributed by atoms with Gasteiger partial charge in [-0.05, 0) is 0 Å². The van der Waals surface area contributed by atoms with Gasteiger partial charge in [-0.2, -0.15) is 0 Å². The molecule has 4 aromatic rings. The summed E-state index contributed by atoms with van der Waals surface area (Å²) in [6, 6.07) is 19.2. The van der Waals surface area contributed by atoms with Crippen LogP contribution in [-0.2, 0) is 24.9 Å². The van der Waals surface area contributed by atoms with Gasteiger partial charge < -0.3 is 5.11 Å². The van der Waals surface area contributed by atoms with Crippen LogP contribution in [0.5, 0.6) is 0 Å². The number of hydrogen-bond acceptors (Lipinski definition) is 4. The van der Waals surface area contributed by atoms with E-state index in [1.54, 1.807) is 4.40 Å². The molecule has 4 rings (SSSR count). The molecule has 4 nitrogen and oxygen atoms in total. The predicted molar refractivity (Wildman–Crippen MR) is 192 cm³/mol. The summed E-state index contributed by atoms with van der Waals surface area (Å²) in [6.07, 6.45) is 1.33. The molecule has 1 aromatic heterocycles. The molecule has 0 saturated heterocycles. The predicted octanol–water partition coefficient (Wildman–Crippen LogP) is 10.4. The van der Waals surface area contributed by atoms with E-state index in [2.05, 4.69) is 100 Å². The summed E-state index contributed by atoms with van der Waals surface area (Å²) in [5.41, 5.74) is 4.95. The molecule has 245 valence electrons. The summed E-state index contributed by atoms with van der Waals surface area (Å²) in [4.78, 5) is 21.6. The molecule has 0 atom stereocenters. The molecule has 1 N–H and O–H groups in total. The molecule has 0 unspecified atom stereocenters. The fraction of sp³-hybridized carbons (Fsp3) is 0.462. The van der Waals surface area contributed by atoms with Gasteiger partial charge >= 0.3 is 176 Å². The number of aryl methyl sites for hydroxylation is 1. The second kappa shape index (κ2) is 14.6. The second-order valence-corrected chi connectivity index (χ2v) is 26.4. The number of aromatic nitrogens is 2. The smallest absolute Gasteiger partial charge is 0 e. The minimum atomic E-state index is -1.92. The number of nitrogens with zero attached hydrogens (tertiary/aromatic N) is 2. The number of rotatable bonds is 5. The zero-order valence-electron chi connectivity index (χ0n) is 29.9. The number of aliphatic hydroxyl groups excluding tert-OH is 1. The van der Waals surface area contributed by atoms with Crippen LogP contribution in [0.2, 0.25) is 17.3 Å². The van der Waals surface area contributed by atoms with E-state index in [0.29, 0.717) is 5.92 Å². The van der Waals surface area contributed by atoms with Crippen molar-refractivity contribution in [3.63, 3.8) is 0 Å². The molecule has 1 radical (unpaired) electrons. The number of fused-ring (bicyclic) bond motifs is 3. The summed E-state index contributed by atoms with van der Waals surface area (Å²) in [6.45, 7) is 22.1. The monoisotopic (exact) mass is 848 g/mol. The Morgan fingerprint density at radius 3 is 1.98 bits per heavy atom. The van der Waals surface area contributed by atoms with E-state index >= 15 is 0 Å². The third-order valence-corrected chi connectivity index (χ3v) is 12.2. The number of carbonyl (C=O) groups excluding carboxylic acids is 1. The summed E-state index contributed by atoms with van der Waals surface area (Å²) >= 11 is -1.92. The largest absolute Gasteiger partial charge is 0 e. The van der Waals surface area contributed by atoms with Gasteiger partial charge in [-0.15, -0.1) is 0 Å². The molecule has 45 heavy (non-hydrogen) atoms. The van der Waals surface area contributed by atoms with Crippen molar-refractivity contribution < 1.29 is 30.0 Å². The van der Waals surface area contributed by atoms with Gasteiger partial charge in [-0.3, -0.25) is 4.79 Å². The Morgan fingerprint density at radius 1 is 0.889 bits per heavy atom. The van der Waals surface area contributed by atoms with E-state index in [9.17, 15) is 9.90 Å². The van der Waals surface area contributed by atoms with Crippen LogP contribution in [0, 0.1) is 23.8 Å². The van der Waals surface area contributed by atoms with E-state index in [1.807, 2.05) is 41.5 Å². The van der Waals surface area contributed by atoms with Gasteiger partial charge in [-0.1, -0.05) is 55.4 Å². The first-order valence-corrected chi connectivity index (χ1v) is 23.2. The van der Waals surface area contributed by atoms with Crippen LogP contribution in [-0.4, -0.2) is 34.1 Å². The first kappa shape index (κ1) is 38.8. The van der Waals surface area contributed by atoms with Crippen molar-refractivity contribution in [1.29, 1.82) is 0 Å². The number of hydrogen-bond donors (Lipinski definition) is 1. The zero-order chi connectivity index (χ0) is 33.4. The van der Waals surface area contributed by atoms with Crippen LogP contribution in [0.1, 0.15) is 98.0 Å². The zero-order valence-corrected chi connectivity index (χ0v) is 34.3. The molecule has 0 aliphatic carbocycles. The molecular weight excluding hydrogens is 793 g/mol. The van der Waals surface area contributed by atoms with Crippen molar-refractivity contribution in [1.82, 2.24) is 9.97 Å². The molecule has 6 heteroatoms. The molecular formula is C39H53GeIrN2O2-. The third kappa shape index (κ3) is 9.59. The van der Waals surface area contributed by atoms with E-state index in [0.717, 1.165) is 28.0 Å². The summed E-state index contributed by atoms with van der Waals surface area (Å²) in [5.74, 6) is 9.12. The van der Waals surface area contributed by atoms with Crippen molar-refractivity contribution in [2.24, 2.45) is 10.8 Å². The van der Waals surface area contributed by atoms with Crippen molar-refractivity contribution >= 4 is 45.1 Å². The number of benzene rings is 3. The number of allylic oxidation sites excluding steroid dienone is 2. The molecule has 0 aliphatic heterocycles. The summed E-state index contributed by atoms with van der Waals surface area (Å²) in [7, 11) is 0. The van der Waals surface area contributed by atoms with Crippen LogP contribution in [0.4, 0.5) is 0 Å². The van der Waals surface area contributed by atoms with Gasteiger partial charge in [0.25, 0.3) is 0 Å². The first-order valence-electron chi connectivity index (χ1n) is 15.8. The normalized spacial score (nSPS) is 12.8. The molecule has 0 aliphatic rings. The molecule has 1 heterocycles. The first-order chi connectivity index (χ1) is 20.1. The molecule has 3 aromatic carbocycles. The summed E-state index contributed by atoms with van der Waals surface area (Å²) < 4.78 is 1.54. The van der Waals surface area contributed by atoms with Gasteiger partial charge in [-0.25, -0.2) is 0 Å². The molecule has 0 spiro atoms. The van der Waals surface area contributed by atoms with E-state index in [-0.39, 0.29) is 43.0 Å². The Hall–Kier alpha value is -2.34. The van der Waals surface area contributed by atoms with Crippen molar-refractivity contribution in [2.45, 2.75) is 105 Å². The van der Waals surface area contributed by atoms with Gasteiger partial charge in [0.2, 0.25) is 0 Å². The third-order valence-electron chi connectivity index (χ3n) is 7.91. The average molecular weight is 847 g/mol. The Balaban J connectivity index is 0.000000430. The Labute approximate surface area is 288 Å². The van der Waals surface area contributed by atoms with Crippen molar-refractivity contribution in [3.05, 3.63) is 77.3 Å². The van der Waals surface area contributed by atoms with Crippen LogP contribution in [0.3, 0.4) is 0 Å². The Kier molecular flexibility index (Phi) is 12.6. The topological polar surface area (TPSA) is 63.1 Å². The van der Waals surface area contributed by atoms with Crippen LogP contribution < -0.4 is 4.40 Å². The average Bonchev–Trinajstić information content (AvgIpc) is 2.90. The number of carbonyl (C=O) groups is 1. The molecule has 0 saturated carbocycles. The van der Waals surface area contributed by atoms with E-state index in [4.69, 9.17) is 9.97 Å². The maximum Gasteiger partial charge on any atom is 0 e. The minimum absolute atomic E-state index is 0. The molecule has 0 amide bonds.